The van der Waals surface area contributed by atoms with E-state index in [1.165, 1.54) is 36.2 Å². The van der Waals surface area contributed by atoms with Crippen LogP contribution in [-0.2, 0) is 11.3 Å². The summed E-state index contributed by atoms with van der Waals surface area (Å²) in [5.74, 6) is 1.07. The van der Waals surface area contributed by atoms with E-state index in [0.717, 1.165) is 25.6 Å². The highest BCUT2D eigenvalue weighted by Crippen LogP contribution is 2.27. The highest BCUT2D eigenvalue weighted by atomic mass is 32.1. The lowest BCUT2D eigenvalue weighted by Gasteiger charge is -2.26. The van der Waals surface area contributed by atoms with Crippen LogP contribution in [0.25, 0.3) is 10.2 Å². The Morgan fingerprint density at radius 1 is 1.43 bits per heavy atom. The lowest BCUT2D eigenvalue weighted by Crippen LogP contribution is -3.11. The molecule has 0 atom stereocenters. The van der Waals surface area contributed by atoms with E-state index in [1.807, 2.05) is 0 Å². The molecular formula is C16H22N3O3S+. The number of ether oxygens (including phenoxy) is 1. The first-order valence-corrected chi connectivity index (χ1v) is 8.75. The lowest BCUT2D eigenvalue weighted by molar-refractivity contribution is -0.920. The Labute approximate surface area is 138 Å². The van der Waals surface area contributed by atoms with Gasteiger partial charge < -0.3 is 14.6 Å². The molecule has 3 heterocycles. The van der Waals surface area contributed by atoms with E-state index < -0.39 is 5.97 Å². The predicted octanol–water partition coefficient (Wildman–Crippen LogP) is 0.894. The van der Waals surface area contributed by atoms with Gasteiger partial charge in [-0.1, -0.05) is 6.92 Å². The second-order valence-corrected chi connectivity index (χ2v) is 7.35. The number of likely N-dealkylation sites (tertiary alicyclic amines) is 1. The van der Waals surface area contributed by atoms with Crippen molar-refractivity contribution in [2.24, 2.45) is 5.92 Å². The van der Waals surface area contributed by atoms with Crippen LogP contribution in [-0.4, -0.2) is 36.1 Å². The van der Waals surface area contributed by atoms with E-state index in [-0.39, 0.29) is 5.56 Å². The van der Waals surface area contributed by atoms with Crippen molar-refractivity contribution in [3.05, 3.63) is 26.6 Å². The Balaban J connectivity index is 1.92. The van der Waals surface area contributed by atoms with Crippen LogP contribution in [0.2, 0.25) is 0 Å². The number of thiophene rings is 1. The molecule has 23 heavy (non-hydrogen) atoms. The van der Waals surface area contributed by atoms with E-state index in [0.29, 0.717) is 26.5 Å². The molecule has 124 valence electrons. The molecule has 0 amide bonds. The van der Waals surface area contributed by atoms with Gasteiger partial charge in [0, 0.05) is 0 Å². The lowest BCUT2D eigenvalue weighted by atomic mass is 9.99. The number of nitrogens with one attached hydrogen (secondary N) is 2. The quantitative estimate of drug-likeness (QED) is 0.817. The number of hydrogen-bond donors (Lipinski definition) is 2. The Hall–Kier alpha value is -1.73. The molecule has 7 heteroatoms. The van der Waals surface area contributed by atoms with E-state index in [4.69, 9.17) is 4.74 Å². The number of aromatic amines is 1. The summed E-state index contributed by atoms with van der Waals surface area (Å²) >= 11 is 1.23. The normalized spacial score (nSPS) is 21.5. The molecule has 0 bridgehead atoms. The molecule has 0 unspecified atom stereocenters. The molecule has 2 aromatic rings. The van der Waals surface area contributed by atoms with Gasteiger partial charge in [-0.05, 0) is 31.2 Å². The smallest absolute Gasteiger partial charge is 0.348 e. The maximum atomic E-state index is 12.4. The second-order valence-electron chi connectivity index (χ2n) is 6.35. The number of carbonyl (C=O) groups is 1. The number of quaternary nitrogens is 1. The van der Waals surface area contributed by atoms with Crippen LogP contribution in [0.4, 0.5) is 0 Å². The molecule has 1 aliphatic rings. The molecular weight excluding hydrogens is 314 g/mol. The monoisotopic (exact) mass is 336 g/mol. The largest absolute Gasteiger partial charge is 0.465 e. The fourth-order valence-electron chi connectivity index (χ4n) is 3.14. The fourth-order valence-corrected chi connectivity index (χ4v) is 4.26. The summed E-state index contributed by atoms with van der Waals surface area (Å²) in [7, 11) is 1.34. The van der Waals surface area contributed by atoms with Crippen LogP contribution in [0.1, 0.15) is 40.8 Å². The fraction of sp³-hybridized carbons (Fsp3) is 0.562. The summed E-state index contributed by atoms with van der Waals surface area (Å²) in [5, 5.41) is 0.501. The van der Waals surface area contributed by atoms with E-state index in [1.54, 1.807) is 6.92 Å². The van der Waals surface area contributed by atoms with Gasteiger partial charge in [-0.15, -0.1) is 11.3 Å². The number of hydrogen-bond acceptors (Lipinski definition) is 5. The third-order valence-electron chi connectivity index (χ3n) is 4.62. The third kappa shape index (κ3) is 3.16. The average Bonchev–Trinajstić information content (AvgIpc) is 2.86. The summed E-state index contributed by atoms with van der Waals surface area (Å²) in [5.41, 5.74) is 0.481. The highest BCUT2D eigenvalue weighted by Gasteiger charge is 2.22. The van der Waals surface area contributed by atoms with Crippen LogP contribution in [0.5, 0.6) is 0 Å². The van der Waals surface area contributed by atoms with Gasteiger partial charge in [-0.3, -0.25) is 4.79 Å². The number of H-pyrrole nitrogens is 1. The van der Waals surface area contributed by atoms with Crippen molar-refractivity contribution in [1.82, 2.24) is 9.97 Å². The molecule has 1 fully saturated rings. The van der Waals surface area contributed by atoms with E-state index in [2.05, 4.69) is 16.9 Å². The van der Waals surface area contributed by atoms with Crippen molar-refractivity contribution in [3.8, 4) is 0 Å². The molecule has 0 spiro atoms. The predicted molar refractivity (Wildman–Crippen MR) is 89.1 cm³/mol. The van der Waals surface area contributed by atoms with Crippen LogP contribution < -0.4 is 10.5 Å². The van der Waals surface area contributed by atoms with Crippen molar-refractivity contribution >= 4 is 27.5 Å². The second kappa shape index (κ2) is 6.41. The zero-order chi connectivity index (χ0) is 16.6. The molecule has 3 rings (SSSR count). The minimum absolute atomic E-state index is 0.168. The summed E-state index contributed by atoms with van der Waals surface area (Å²) < 4.78 is 4.78. The van der Waals surface area contributed by atoms with Crippen LogP contribution in [0, 0.1) is 12.8 Å². The molecule has 0 radical (unpaired) electrons. The van der Waals surface area contributed by atoms with E-state index >= 15 is 0 Å². The molecule has 1 saturated heterocycles. The SMILES string of the molecule is COC(=O)c1sc2nc(C[NH+]3CCC(C)CC3)[nH]c(=O)c2c1C. The number of aromatic nitrogens is 2. The van der Waals surface area contributed by atoms with Crippen LogP contribution >= 0.6 is 11.3 Å². The first-order chi connectivity index (χ1) is 11.0. The number of nitrogens with zero attached hydrogens (tertiary/aromatic N) is 1. The molecule has 6 nitrogen and oxygen atoms in total. The van der Waals surface area contributed by atoms with Crippen molar-refractivity contribution in [1.29, 1.82) is 0 Å². The Morgan fingerprint density at radius 3 is 2.78 bits per heavy atom. The van der Waals surface area contributed by atoms with Gasteiger partial charge in [-0.2, -0.15) is 0 Å². The van der Waals surface area contributed by atoms with Gasteiger partial charge in [0.25, 0.3) is 5.56 Å². The standard InChI is InChI=1S/C16H21N3O3S/c1-9-4-6-19(7-5-9)8-11-17-14(20)12-10(2)13(16(21)22-3)23-15(12)18-11/h9H,4-8H2,1-3H3,(H,17,18,20)/p+1. The van der Waals surface area contributed by atoms with Crippen molar-refractivity contribution in [3.63, 3.8) is 0 Å². The number of methoxy groups -OCH3 is 1. The number of carbonyl (C=O) groups excluding carboxylic acids is 1. The van der Waals surface area contributed by atoms with Gasteiger partial charge in [0.2, 0.25) is 0 Å². The third-order valence-corrected chi connectivity index (χ3v) is 5.78. The maximum Gasteiger partial charge on any atom is 0.348 e. The number of esters is 1. The van der Waals surface area contributed by atoms with Crippen molar-refractivity contribution in [2.45, 2.75) is 33.2 Å². The summed E-state index contributed by atoms with van der Waals surface area (Å²) in [6.45, 7) is 6.99. The number of piperidine rings is 1. The minimum atomic E-state index is -0.415. The minimum Gasteiger partial charge on any atom is -0.465 e. The van der Waals surface area contributed by atoms with Crippen molar-refractivity contribution in [2.75, 3.05) is 20.2 Å². The topological polar surface area (TPSA) is 76.5 Å². The average molecular weight is 336 g/mol. The van der Waals surface area contributed by atoms with Crippen LogP contribution in [0.15, 0.2) is 4.79 Å². The van der Waals surface area contributed by atoms with Gasteiger partial charge in [0.1, 0.15) is 16.3 Å². The molecule has 0 saturated carbocycles. The number of rotatable bonds is 3. The van der Waals surface area contributed by atoms with E-state index in [9.17, 15) is 9.59 Å². The van der Waals surface area contributed by atoms with Gasteiger partial charge in [0.15, 0.2) is 5.82 Å². The maximum absolute atomic E-state index is 12.4. The first kappa shape index (κ1) is 16.1. The summed E-state index contributed by atoms with van der Waals surface area (Å²) in [4.78, 5) is 34.2. The van der Waals surface area contributed by atoms with Gasteiger partial charge >= 0.3 is 5.97 Å². The molecule has 0 aromatic carbocycles. The van der Waals surface area contributed by atoms with Crippen LogP contribution in [0.3, 0.4) is 0 Å². The molecule has 2 N–H and O–H groups in total. The Kier molecular flexibility index (Phi) is 4.50. The Bertz CT molecular complexity index is 788. The van der Waals surface area contributed by atoms with Gasteiger partial charge in [-0.25, -0.2) is 9.78 Å². The van der Waals surface area contributed by atoms with Crippen molar-refractivity contribution < 1.29 is 14.4 Å². The molecule has 0 aliphatic carbocycles. The number of fused-ring (bicyclic) bond motifs is 1. The zero-order valence-electron chi connectivity index (χ0n) is 13.7. The zero-order valence-corrected chi connectivity index (χ0v) is 14.5. The summed E-state index contributed by atoms with van der Waals surface area (Å²) in [6, 6.07) is 0. The first-order valence-electron chi connectivity index (χ1n) is 7.93. The molecule has 1 aliphatic heterocycles. The highest BCUT2D eigenvalue weighted by molar-refractivity contribution is 7.20. The summed E-state index contributed by atoms with van der Waals surface area (Å²) in [6.07, 6.45) is 2.43. The Morgan fingerprint density at radius 2 is 2.13 bits per heavy atom. The molecule has 2 aromatic heterocycles. The van der Waals surface area contributed by atoms with Gasteiger partial charge in [0.05, 0.1) is 25.6 Å². The number of aryl methyl sites for hydroxylation is 1.